The van der Waals surface area contributed by atoms with Crippen LogP contribution in [0.1, 0.15) is 242 Å². The van der Waals surface area contributed by atoms with Crippen molar-refractivity contribution in [3.8, 4) is 35.1 Å². The Kier molecular flexibility index (Phi) is 33.2. The second-order valence-corrected chi connectivity index (χ2v) is 19.0. The average molecular weight is 929 g/mol. The van der Waals surface area contributed by atoms with E-state index in [9.17, 15) is 10.5 Å². The van der Waals surface area contributed by atoms with Gasteiger partial charge in [-0.1, -0.05) is 206 Å². The van der Waals surface area contributed by atoms with Gasteiger partial charge in [0.25, 0.3) is 0 Å². The van der Waals surface area contributed by atoms with Gasteiger partial charge in [-0.25, -0.2) is 0 Å². The molecule has 0 heterocycles. The van der Waals surface area contributed by atoms with Crippen LogP contribution in [0.15, 0.2) is 60.7 Å². The molecule has 374 valence electrons. The highest BCUT2D eigenvalue weighted by Crippen LogP contribution is 2.35. The molecule has 0 amide bonds. The van der Waals surface area contributed by atoms with Crippen LogP contribution in [0.3, 0.4) is 0 Å². The van der Waals surface area contributed by atoms with E-state index in [0.717, 1.165) is 35.5 Å². The lowest BCUT2D eigenvalue weighted by Gasteiger charge is -2.13. The van der Waals surface area contributed by atoms with Crippen molar-refractivity contribution in [2.24, 2.45) is 0 Å². The molecule has 0 aliphatic heterocycles. The van der Waals surface area contributed by atoms with Gasteiger partial charge in [-0.05, 0) is 96.8 Å². The van der Waals surface area contributed by atoms with Gasteiger partial charge < -0.3 is 18.9 Å². The van der Waals surface area contributed by atoms with E-state index in [1.165, 1.54) is 193 Å². The Morgan fingerprint density at radius 1 is 0.382 bits per heavy atom. The summed E-state index contributed by atoms with van der Waals surface area (Å²) in [6, 6.07) is 23.9. The van der Waals surface area contributed by atoms with Gasteiger partial charge in [-0.2, -0.15) is 10.5 Å². The molecule has 0 aliphatic carbocycles. The van der Waals surface area contributed by atoms with Crippen molar-refractivity contribution >= 4 is 23.3 Å². The smallest absolute Gasteiger partial charge is 0.126 e. The lowest BCUT2D eigenvalue weighted by atomic mass is 9.99. The van der Waals surface area contributed by atoms with Crippen LogP contribution in [-0.4, -0.2) is 27.4 Å². The van der Waals surface area contributed by atoms with Crippen LogP contribution in [0.2, 0.25) is 0 Å². The Labute approximate surface area is 415 Å². The molecule has 0 fully saturated rings. The Morgan fingerprint density at radius 2 is 0.632 bits per heavy atom. The maximum Gasteiger partial charge on any atom is 0.126 e. The molecule has 6 heteroatoms. The molecule has 3 rings (SSSR count). The van der Waals surface area contributed by atoms with E-state index in [-0.39, 0.29) is 0 Å². The number of benzene rings is 3. The highest BCUT2D eigenvalue weighted by Gasteiger charge is 2.13. The van der Waals surface area contributed by atoms with E-state index in [4.69, 9.17) is 18.9 Å². The van der Waals surface area contributed by atoms with Gasteiger partial charge in [-0.3, -0.25) is 0 Å². The largest absolute Gasteiger partial charge is 0.496 e. The second-order valence-electron chi connectivity index (χ2n) is 19.0. The highest BCUT2D eigenvalue weighted by atomic mass is 16.5. The van der Waals surface area contributed by atoms with Crippen LogP contribution in [0.25, 0.3) is 23.3 Å². The van der Waals surface area contributed by atoms with Gasteiger partial charge in [0.15, 0.2) is 0 Å². The molecule has 3 aromatic carbocycles. The maximum absolute atomic E-state index is 10.2. The Hall–Kier alpha value is -4.68. The summed E-state index contributed by atoms with van der Waals surface area (Å²) >= 11 is 0. The van der Waals surface area contributed by atoms with E-state index < -0.39 is 0 Å². The van der Waals surface area contributed by atoms with Crippen molar-refractivity contribution in [2.45, 2.75) is 219 Å². The van der Waals surface area contributed by atoms with Crippen LogP contribution in [0.5, 0.6) is 23.0 Å². The standard InChI is InChI=1S/C62H92N2O4/c1-5-7-9-11-13-15-17-19-21-23-25-27-29-31-33-35-45-67-59-41-37-53(38-42-59)57(51-63)47-55-49-62(66-4)56(50-61(55)65-3)48-58(52-64)54-39-43-60(44-40-54)68-46-36-34-32-30-28-26-24-22-20-18-16-14-12-10-8-6-2/h37-44,47-50H,5-36,45-46H2,1-4H3/b57-47+,58-48+. The zero-order chi connectivity index (χ0) is 48.5. The van der Waals surface area contributed by atoms with E-state index in [2.05, 4.69) is 26.0 Å². The lowest BCUT2D eigenvalue weighted by Crippen LogP contribution is -1.97. The summed E-state index contributed by atoms with van der Waals surface area (Å²) in [5.74, 6) is 2.75. The lowest BCUT2D eigenvalue weighted by molar-refractivity contribution is 0.304. The number of hydrogen-bond acceptors (Lipinski definition) is 6. The zero-order valence-electron chi connectivity index (χ0n) is 43.5. The SMILES string of the molecule is CCCCCCCCCCCCCCCCCCOc1ccc(/C(C#N)=C/c2cc(OC)c(/C=C(\C#N)c3ccc(OCCCCCCCCCCCCCCCCCC)cc3)cc2OC)cc1. The second kappa shape index (κ2) is 39.2. The summed E-state index contributed by atoms with van der Waals surface area (Å²) in [4.78, 5) is 0. The minimum atomic E-state index is 0.493. The van der Waals surface area contributed by atoms with Crippen molar-refractivity contribution in [1.29, 1.82) is 10.5 Å². The molecule has 0 saturated carbocycles. The van der Waals surface area contributed by atoms with Crippen molar-refractivity contribution in [1.82, 2.24) is 0 Å². The molecule has 68 heavy (non-hydrogen) atoms. The molecule has 0 bridgehead atoms. The number of hydrogen-bond donors (Lipinski definition) is 0. The van der Waals surface area contributed by atoms with Crippen LogP contribution in [0.4, 0.5) is 0 Å². The van der Waals surface area contributed by atoms with Gasteiger partial charge in [0, 0.05) is 11.1 Å². The first-order valence-corrected chi connectivity index (χ1v) is 27.5. The molecule has 0 aromatic heterocycles. The number of allylic oxidation sites excluding steroid dienone is 2. The topological polar surface area (TPSA) is 84.5 Å². The fourth-order valence-electron chi connectivity index (χ4n) is 8.98. The first-order valence-electron chi connectivity index (χ1n) is 27.5. The number of methoxy groups -OCH3 is 2. The van der Waals surface area contributed by atoms with Crippen molar-refractivity contribution in [3.05, 3.63) is 82.9 Å². The van der Waals surface area contributed by atoms with Crippen molar-refractivity contribution in [2.75, 3.05) is 27.4 Å². The fourth-order valence-corrected chi connectivity index (χ4v) is 8.98. The van der Waals surface area contributed by atoms with Gasteiger partial charge in [-0.15, -0.1) is 0 Å². The molecule has 0 spiro atoms. The van der Waals surface area contributed by atoms with Gasteiger partial charge in [0.2, 0.25) is 0 Å². The third-order valence-electron chi connectivity index (χ3n) is 13.3. The summed E-state index contributed by atoms with van der Waals surface area (Å²) in [5, 5.41) is 20.4. The molecule has 0 unspecified atom stereocenters. The van der Waals surface area contributed by atoms with Crippen molar-refractivity contribution < 1.29 is 18.9 Å². The Balaban J connectivity index is 1.38. The maximum atomic E-state index is 10.2. The minimum absolute atomic E-state index is 0.493. The normalized spacial score (nSPS) is 11.6. The van der Waals surface area contributed by atoms with Gasteiger partial charge in [0.05, 0.1) is 50.7 Å². The Bertz CT molecular complexity index is 1730. The third kappa shape index (κ3) is 25.6. The van der Waals surface area contributed by atoms with Crippen LogP contribution < -0.4 is 18.9 Å². The molecule has 0 radical (unpaired) electrons. The van der Waals surface area contributed by atoms with Crippen LogP contribution >= 0.6 is 0 Å². The van der Waals surface area contributed by atoms with Gasteiger partial charge >= 0.3 is 0 Å². The van der Waals surface area contributed by atoms with Gasteiger partial charge in [0.1, 0.15) is 23.0 Å². The van der Waals surface area contributed by atoms with E-state index in [1.807, 2.05) is 72.8 Å². The quantitative estimate of drug-likeness (QED) is 0.0320. The molecule has 0 saturated heterocycles. The highest BCUT2D eigenvalue weighted by molar-refractivity contribution is 5.93. The monoisotopic (exact) mass is 929 g/mol. The molecule has 0 atom stereocenters. The molecular formula is C62H92N2O4. The van der Waals surface area contributed by atoms with E-state index in [1.54, 1.807) is 14.2 Å². The van der Waals surface area contributed by atoms with Crippen LogP contribution in [-0.2, 0) is 0 Å². The van der Waals surface area contributed by atoms with E-state index >= 15 is 0 Å². The summed E-state index contributed by atoms with van der Waals surface area (Å²) in [6.07, 6.45) is 46.8. The first kappa shape index (κ1) is 57.6. The van der Waals surface area contributed by atoms with E-state index in [0.29, 0.717) is 47.0 Å². The summed E-state index contributed by atoms with van der Waals surface area (Å²) in [7, 11) is 3.21. The molecule has 0 N–H and O–H groups in total. The molecule has 6 nitrogen and oxygen atoms in total. The molecule has 3 aromatic rings. The number of unbranched alkanes of at least 4 members (excludes halogenated alkanes) is 30. The summed E-state index contributed by atoms with van der Waals surface area (Å²) in [5.41, 5.74) is 3.96. The number of rotatable bonds is 42. The predicted octanol–water partition coefficient (Wildman–Crippen LogP) is 19.1. The minimum Gasteiger partial charge on any atom is -0.496 e. The summed E-state index contributed by atoms with van der Waals surface area (Å²) in [6.45, 7) is 5.96. The fraction of sp³-hybridized carbons (Fsp3) is 0.613. The predicted molar refractivity (Wildman–Crippen MR) is 289 cm³/mol. The molecule has 0 aliphatic rings. The number of ether oxygens (including phenoxy) is 4. The third-order valence-corrected chi connectivity index (χ3v) is 13.3. The average Bonchev–Trinajstić information content (AvgIpc) is 3.37. The van der Waals surface area contributed by atoms with Crippen molar-refractivity contribution in [3.63, 3.8) is 0 Å². The number of nitrogens with zero attached hydrogens (tertiary/aromatic N) is 2. The Morgan fingerprint density at radius 3 is 0.868 bits per heavy atom. The number of nitriles is 2. The first-order chi connectivity index (χ1) is 33.6. The molecular weight excluding hydrogens is 837 g/mol. The van der Waals surface area contributed by atoms with Crippen LogP contribution in [0, 0.1) is 22.7 Å². The summed E-state index contributed by atoms with van der Waals surface area (Å²) < 4.78 is 23.7. The zero-order valence-corrected chi connectivity index (χ0v) is 43.5.